The van der Waals surface area contributed by atoms with Crippen molar-refractivity contribution >= 4 is 19.7 Å². The average molecular weight is 639 g/mol. The van der Waals surface area contributed by atoms with Gasteiger partial charge in [0.2, 0.25) is 0 Å². The summed E-state index contributed by atoms with van der Waals surface area (Å²) in [6.45, 7) is 12.9. The molecule has 1 fully saturated rings. The van der Waals surface area contributed by atoms with Gasteiger partial charge in [-0.15, -0.1) is 0 Å². The number of nitrogens with zero attached hydrogens (tertiary/aromatic N) is 1. The molecule has 0 heterocycles. The molecule has 1 aliphatic rings. The Morgan fingerprint density at radius 3 is 1.39 bits per heavy atom. The van der Waals surface area contributed by atoms with E-state index in [0.717, 1.165) is 16.7 Å². The summed E-state index contributed by atoms with van der Waals surface area (Å²) in [5.74, 6) is 7.34. The summed E-state index contributed by atoms with van der Waals surface area (Å²) in [6.07, 6.45) is 0. The van der Waals surface area contributed by atoms with Crippen molar-refractivity contribution < 1.29 is 25.7 Å². The first-order valence-corrected chi connectivity index (χ1v) is 15.8. The topological polar surface area (TPSA) is 74.3 Å². The summed E-state index contributed by atoms with van der Waals surface area (Å²) in [7, 11) is 0.696. The van der Waals surface area contributed by atoms with E-state index in [0.29, 0.717) is 0 Å². The van der Waals surface area contributed by atoms with Gasteiger partial charge in [-0.1, -0.05) is 125 Å². The molecule has 0 saturated heterocycles. The van der Waals surface area contributed by atoms with Crippen LogP contribution in [0.4, 0.5) is 0 Å². The second-order valence-corrected chi connectivity index (χ2v) is 10.9. The third kappa shape index (κ3) is 8.47. The van der Waals surface area contributed by atoms with Gasteiger partial charge in [-0.25, -0.2) is 8.42 Å². The van der Waals surface area contributed by atoms with Crippen LogP contribution in [-0.2, 0) is 27.3 Å². The Kier molecular flexibility index (Phi) is 13.1. The number of hydrogen-bond donors (Lipinski definition) is 1. The molecule has 0 spiro atoms. The summed E-state index contributed by atoms with van der Waals surface area (Å²) in [5, 5.41) is 0. The number of halogens is 1. The Hall–Kier alpha value is -1.56. The Bertz CT molecular complexity index is 1150. The van der Waals surface area contributed by atoms with Crippen molar-refractivity contribution in [2.75, 3.05) is 0 Å². The molecule has 3 aromatic carbocycles. The van der Waals surface area contributed by atoms with Crippen molar-refractivity contribution in [2.45, 2.75) is 58.5 Å². The Morgan fingerprint density at radius 1 is 0.632 bits per heavy atom. The monoisotopic (exact) mass is 638 g/mol. The Morgan fingerprint density at radius 2 is 1.00 bits per heavy atom. The van der Waals surface area contributed by atoms with Crippen molar-refractivity contribution in [2.24, 2.45) is 5.73 Å². The molecule has 203 valence electrons. The summed E-state index contributed by atoms with van der Waals surface area (Å²) in [5.41, 5.74) is 9.01. The van der Waals surface area contributed by atoms with Crippen LogP contribution in [0.2, 0.25) is 0 Å². The third-order valence-electron chi connectivity index (χ3n) is 7.05. The van der Waals surface area contributed by atoms with Crippen molar-refractivity contribution in [3.63, 3.8) is 0 Å². The number of hydrogen-bond acceptors (Lipinski definition) is 3. The van der Waals surface area contributed by atoms with Crippen LogP contribution in [0.1, 0.15) is 63.4 Å². The predicted octanol–water partition coefficient (Wildman–Crippen LogP) is 8.16. The zero-order valence-electron chi connectivity index (χ0n) is 22.7. The quantitative estimate of drug-likeness (QED) is 0.277. The molecule has 2 atom stereocenters. The molecule has 38 heavy (non-hydrogen) atoms. The zero-order valence-corrected chi connectivity index (χ0v) is 25.9. The van der Waals surface area contributed by atoms with E-state index in [1.54, 1.807) is 24.3 Å². The fraction of sp³-hybridized carbons (Fsp3) is 0.258. The van der Waals surface area contributed by atoms with Crippen molar-refractivity contribution in [3.05, 3.63) is 136 Å². The number of aryl methyl sites for hydroxylation is 1. The van der Waals surface area contributed by atoms with E-state index in [9.17, 15) is 8.42 Å². The van der Waals surface area contributed by atoms with Crippen LogP contribution < -0.4 is 5.73 Å². The normalized spacial score (nSPS) is 17.2. The van der Waals surface area contributed by atoms with Crippen molar-refractivity contribution in [1.82, 2.24) is 0 Å². The molecule has 0 bridgehead atoms. The van der Waals surface area contributed by atoms with Crippen LogP contribution in [-0.4, -0.2) is 8.42 Å². The molecule has 7 heteroatoms. The van der Waals surface area contributed by atoms with Gasteiger partial charge in [-0.05, 0) is 54.2 Å². The molecule has 0 aromatic heterocycles. The molecule has 4 nitrogen and oxygen atoms in total. The Balaban J connectivity index is 0.000000353. The molecular weight excluding hydrogens is 603 g/mol. The average Bonchev–Trinajstić information content (AvgIpc) is 3.11. The van der Waals surface area contributed by atoms with Crippen LogP contribution in [0.25, 0.3) is 4.72 Å². The molecule has 1 saturated carbocycles. The van der Waals surface area contributed by atoms with E-state index < -0.39 is 22.1 Å². The van der Waals surface area contributed by atoms with Crippen molar-refractivity contribution in [3.8, 4) is 0 Å². The maximum atomic E-state index is 12.8. The fourth-order valence-electron chi connectivity index (χ4n) is 4.17. The summed E-state index contributed by atoms with van der Waals surface area (Å²) < 4.78 is 29.9. The van der Waals surface area contributed by atoms with Gasteiger partial charge in [0.25, 0.3) is 0 Å². The van der Waals surface area contributed by atoms with Crippen LogP contribution in [0.15, 0.2) is 89.8 Å². The van der Waals surface area contributed by atoms with Gasteiger partial charge in [-0.3, -0.25) is 0 Å². The van der Waals surface area contributed by atoms with Crippen LogP contribution in [0.5, 0.6) is 0 Å². The second-order valence-electron chi connectivity index (χ2n) is 9.31. The van der Waals surface area contributed by atoms with Gasteiger partial charge >= 0.3 is 27.0 Å². The zero-order chi connectivity index (χ0) is 28.5. The third-order valence-corrected chi connectivity index (χ3v) is 8.42. The molecule has 1 aliphatic carbocycles. The maximum absolute atomic E-state index is 12.8. The van der Waals surface area contributed by atoms with Crippen LogP contribution >= 0.6 is 9.69 Å². The molecule has 2 N–H and O–H groups in total. The standard InChI is InChI=1S/C21H21N2O2S.C10H15.ClH.Rh/c1-16-12-14-19(15-13-16)26(24,25)23-21(18-10-6-3-7-11-18)20(22)17-8-4-2-5-9-17;1-6-7(2)9(4)10(5)8(6)3;;/h2-15,20-21H,22H2,1H3;1-5H3;1H;/q-1;;;+3/p-1/t20-,21-;;;/m1.../s1. The number of benzene rings is 3. The van der Waals surface area contributed by atoms with Gasteiger partial charge in [-0.2, -0.15) is 0 Å². The molecule has 5 radical (unpaired) electrons. The van der Waals surface area contributed by atoms with Gasteiger partial charge in [0.05, 0.1) is 0 Å². The van der Waals surface area contributed by atoms with E-state index >= 15 is 0 Å². The fourth-order valence-corrected chi connectivity index (χ4v) is 5.32. The molecule has 0 amide bonds. The van der Waals surface area contributed by atoms with Crippen LogP contribution in [0.3, 0.4) is 0 Å². The first-order valence-electron chi connectivity index (χ1n) is 12.2. The van der Waals surface area contributed by atoms with E-state index in [1.807, 2.05) is 84.9 Å². The van der Waals surface area contributed by atoms with Gasteiger partial charge in [0, 0.05) is 10.9 Å². The summed E-state index contributed by atoms with van der Waals surface area (Å²) in [4.78, 5) is 0.171. The van der Waals surface area contributed by atoms with Crippen LogP contribution in [0, 0.1) is 36.5 Å². The molecular formula is C31H36ClN2O2RhS+. The van der Waals surface area contributed by atoms with E-state index in [4.69, 9.17) is 5.73 Å². The van der Waals surface area contributed by atoms with Crippen molar-refractivity contribution in [1.29, 1.82) is 0 Å². The first-order chi connectivity index (χ1) is 18.0. The van der Waals surface area contributed by atoms with E-state index in [2.05, 4.69) is 49.0 Å². The van der Waals surface area contributed by atoms with Gasteiger partial charge < -0.3 is 10.5 Å². The number of sulfonamides is 1. The SMILES string of the molecule is C[C]1[C](C)[C](C)[C](C)[C]1C.Cc1ccc(S(=O)(=O)[N-][C@H](c2ccccc2)[C@H](N)c2ccccc2)cc1.[Cl][Rh+2]. The molecule has 4 rings (SSSR count). The van der Waals surface area contributed by atoms with Gasteiger partial charge in [0.1, 0.15) is 10.0 Å². The second kappa shape index (κ2) is 15.3. The molecule has 0 unspecified atom stereocenters. The van der Waals surface area contributed by atoms with E-state index in [-0.39, 0.29) is 4.90 Å². The predicted molar refractivity (Wildman–Crippen MR) is 155 cm³/mol. The minimum absolute atomic E-state index is 0.171. The molecule has 0 aliphatic heterocycles. The number of nitrogens with two attached hydrogens (primary N) is 1. The Labute approximate surface area is 244 Å². The summed E-state index contributed by atoms with van der Waals surface area (Å²) >= 11 is 2.02. The minimum atomic E-state index is -3.83. The van der Waals surface area contributed by atoms with Gasteiger partial charge in [0.15, 0.2) is 0 Å². The first kappa shape index (κ1) is 32.7. The number of rotatable bonds is 6. The summed E-state index contributed by atoms with van der Waals surface area (Å²) in [6, 6.07) is 24.1. The van der Waals surface area contributed by atoms with E-state index in [1.165, 1.54) is 29.6 Å². The molecule has 3 aromatic rings.